The van der Waals surface area contributed by atoms with Gasteiger partial charge in [-0.15, -0.1) is 0 Å². The van der Waals surface area contributed by atoms with Crippen molar-refractivity contribution in [3.63, 3.8) is 0 Å². The summed E-state index contributed by atoms with van der Waals surface area (Å²) in [6, 6.07) is 7.29. The van der Waals surface area contributed by atoms with Crippen molar-refractivity contribution < 1.29 is 4.79 Å². The molecule has 0 atom stereocenters. The van der Waals surface area contributed by atoms with Gasteiger partial charge >= 0.3 is 0 Å². The normalized spacial score (nSPS) is 15.0. The van der Waals surface area contributed by atoms with E-state index >= 15 is 0 Å². The number of aromatic amines is 1. The Morgan fingerprint density at radius 2 is 2.04 bits per heavy atom. The number of fused-ring (bicyclic) bond motifs is 1. The first kappa shape index (κ1) is 16.9. The van der Waals surface area contributed by atoms with Crippen molar-refractivity contribution in [2.75, 3.05) is 13.6 Å². The number of nitrogens with one attached hydrogen (secondary N) is 1. The molecule has 1 aliphatic carbocycles. The van der Waals surface area contributed by atoms with Gasteiger partial charge in [0.2, 0.25) is 5.91 Å². The first-order chi connectivity index (χ1) is 11.6. The molecule has 2 aromatic rings. The molecule has 1 N–H and O–H groups in total. The molecule has 1 fully saturated rings. The number of carbonyl (C=O) groups excluding carboxylic acids is 1. The van der Waals surface area contributed by atoms with Gasteiger partial charge in [-0.25, -0.2) is 0 Å². The number of nitrogens with zero attached hydrogens (tertiary/aromatic N) is 2. The lowest BCUT2D eigenvalue weighted by Crippen LogP contribution is -2.33. The average molecular weight is 345 g/mol. The van der Waals surface area contributed by atoms with Crippen LogP contribution in [0.5, 0.6) is 0 Å². The fourth-order valence-electron chi connectivity index (χ4n) is 3.48. The first-order valence-electron chi connectivity index (χ1n) is 8.52. The average Bonchev–Trinajstić information content (AvgIpc) is 3.07. The summed E-state index contributed by atoms with van der Waals surface area (Å²) in [7, 11) is 1.85. The van der Waals surface area contributed by atoms with Gasteiger partial charge in [-0.1, -0.05) is 25.0 Å². The summed E-state index contributed by atoms with van der Waals surface area (Å²) in [4.78, 5) is 29.8. The van der Waals surface area contributed by atoms with Crippen LogP contribution < -0.4 is 5.56 Å². The maximum Gasteiger partial charge on any atom is 0.262 e. The monoisotopic (exact) mass is 345 g/mol. The molecule has 0 radical (unpaired) electrons. The Kier molecular flexibility index (Phi) is 5.14. The Hall–Kier alpha value is -1.95. The van der Waals surface area contributed by atoms with Crippen LogP contribution in [0.1, 0.15) is 32.1 Å². The Balaban J connectivity index is 1.70. The topological polar surface area (TPSA) is 58.1 Å². The zero-order valence-electron chi connectivity index (χ0n) is 14.0. The van der Waals surface area contributed by atoms with Crippen LogP contribution in [0.15, 0.2) is 29.1 Å². The third kappa shape index (κ3) is 3.59. The molecule has 24 heavy (non-hydrogen) atoms. The van der Waals surface area contributed by atoms with Gasteiger partial charge in [-0.05, 0) is 43.1 Å². The summed E-state index contributed by atoms with van der Waals surface area (Å²) in [5, 5.41) is 0.595. The second-order valence-corrected chi connectivity index (χ2v) is 6.99. The van der Waals surface area contributed by atoms with E-state index in [1.165, 1.54) is 30.3 Å². The maximum absolute atomic E-state index is 12.6. The number of aromatic nitrogens is 2. The number of para-hydroxylation sites is 1. The molecule has 0 aliphatic heterocycles. The van der Waals surface area contributed by atoms with Crippen LogP contribution >= 0.6 is 12.2 Å². The smallest absolute Gasteiger partial charge is 0.262 e. The second-order valence-electron chi connectivity index (χ2n) is 6.61. The molecule has 5 nitrogen and oxygen atoms in total. The molecule has 0 bridgehead atoms. The van der Waals surface area contributed by atoms with Gasteiger partial charge in [0.05, 0.1) is 10.9 Å². The molecule has 1 aromatic carbocycles. The van der Waals surface area contributed by atoms with Crippen molar-refractivity contribution in [3.05, 3.63) is 39.4 Å². The van der Waals surface area contributed by atoms with E-state index in [2.05, 4.69) is 4.98 Å². The molecule has 128 valence electrons. The van der Waals surface area contributed by atoms with E-state index in [1.54, 1.807) is 11.0 Å². The van der Waals surface area contributed by atoms with Crippen LogP contribution in [0.3, 0.4) is 0 Å². The Morgan fingerprint density at radius 3 is 2.79 bits per heavy atom. The van der Waals surface area contributed by atoms with Crippen molar-refractivity contribution in [2.24, 2.45) is 5.92 Å². The van der Waals surface area contributed by atoms with E-state index in [0.717, 1.165) is 12.1 Å². The Morgan fingerprint density at radius 1 is 1.33 bits per heavy atom. The highest BCUT2D eigenvalue weighted by Crippen LogP contribution is 2.25. The second kappa shape index (κ2) is 7.30. The van der Waals surface area contributed by atoms with E-state index in [9.17, 15) is 9.59 Å². The van der Waals surface area contributed by atoms with E-state index in [4.69, 9.17) is 12.2 Å². The maximum atomic E-state index is 12.6. The van der Waals surface area contributed by atoms with Gasteiger partial charge in [-0.3, -0.25) is 14.2 Å². The molecule has 3 rings (SSSR count). The van der Waals surface area contributed by atoms with Gasteiger partial charge in [0, 0.05) is 26.6 Å². The summed E-state index contributed by atoms with van der Waals surface area (Å²) >= 11 is 5.28. The fourth-order valence-corrected chi connectivity index (χ4v) is 3.77. The minimum Gasteiger partial charge on any atom is -0.345 e. The van der Waals surface area contributed by atoms with Crippen molar-refractivity contribution >= 4 is 29.0 Å². The van der Waals surface area contributed by atoms with E-state index in [0.29, 0.717) is 29.0 Å². The molecule has 0 spiro atoms. The van der Waals surface area contributed by atoms with Gasteiger partial charge in [0.25, 0.3) is 5.56 Å². The minimum atomic E-state index is -0.138. The number of amides is 1. The van der Waals surface area contributed by atoms with E-state index < -0.39 is 0 Å². The number of carbonyl (C=O) groups is 1. The van der Waals surface area contributed by atoms with Crippen LogP contribution in [0.2, 0.25) is 0 Å². The first-order valence-corrected chi connectivity index (χ1v) is 8.93. The molecular formula is C18H23N3O2S. The summed E-state index contributed by atoms with van der Waals surface area (Å²) in [5.74, 6) is 0.696. The van der Waals surface area contributed by atoms with Crippen LogP contribution in [0.4, 0.5) is 0 Å². The van der Waals surface area contributed by atoms with Gasteiger partial charge in [-0.2, -0.15) is 0 Å². The fraction of sp³-hybridized carbons (Fsp3) is 0.500. The molecule has 0 saturated heterocycles. The van der Waals surface area contributed by atoms with Crippen molar-refractivity contribution in [3.8, 4) is 0 Å². The van der Waals surface area contributed by atoms with E-state index in [1.807, 2.05) is 25.2 Å². The lowest BCUT2D eigenvalue weighted by molar-refractivity contribution is -0.130. The zero-order valence-corrected chi connectivity index (χ0v) is 14.8. The highest BCUT2D eigenvalue weighted by molar-refractivity contribution is 7.71. The standard InChI is InChI=1S/C18H23N3O2S/c1-20(12-13-6-2-3-7-13)16(22)10-11-21-17(23)14-8-4-5-9-15(14)19-18(21)24/h4-5,8-9,13H,2-3,6-7,10-12H2,1H3,(H,19,24). The Labute approximate surface area is 146 Å². The van der Waals surface area contributed by atoms with Crippen LogP contribution in [0.25, 0.3) is 10.9 Å². The van der Waals surface area contributed by atoms with Crippen molar-refractivity contribution in [1.82, 2.24) is 14.5 Å². The molecule has 1 aliphatic rings. The molecule has 1 heterocycles. The molecular weight excluding hydrogens is 322 g/mol. The summed E-state index contributed by atoms with van der Waals surface area (Å²) < 4.78 is 1.85. The summed E-state index contributed by atoms with van der Waals surface area (Å²) in [6.07, 6.45) is 5.27. The highest BCUT2D eigenvalue weighted by atomic mass is 32.1. The van der Waals surface area contributed by atoms with Gasteiger partial charge < -0.3 is 9.88 Å². The molecule has 1 aromatic heterocycles. The van der Waals surface area contributed by atoms with Crippen LogP contribution in [-0.2, 0) is 11.3 Å². The van der Waals surface area contributed by atoms with Gasteiger partial charge in [0.15, 0.2) is 4.77 Å². The number of hydrogen-bond acceptors (Lipinski definition) is 3. The van der Waals surface area contributed by atoms with E-state index in [-0.39, 0.29) is 11.5 Å². The SMILES string of the molecule is CN(CC1CCCC1)C(=O)CCn1c(=S)[nH]c2ccccc2c1=O. The summed E-state index contributed by atoms with van der Waals surface area (Å²) in [6.45, 7) is 1.13. The minimum absolute atomic E-state index is 0.0661. The lowest BCUT2D eigenvalue weighted by atomic mass is 10.1. The molecule has 1 amide bonds. The van der Waals surface area contributed by atoms with Crippen molar-refractivity contribution in [2.45, 2.75) is 38.6 Å². The number of H-pyrrole nitrogens is 1. The number of benzene rings is 1. The predicted octanol–water partition coefficient (Wildman–Crippen LogP) is 3.10. The summed E-state index contributed by atoms with van der Waals surface area (Å²) in [5.41, 5.74) is 0.592. The largest absolute Gasteiger partial charge is 0.345 e. The van der Waals surface area contributed by atoms with Gasteiger partial charge in [0.1, 0.15) is 0 Å². The third-order valence-electron chi connectivity index (χ3n) is 4.87. The highest BCUT2D eigenvalue weighted by Gasteiger charge is 2.19. The quantitative estimate of drug-likeness (QED) is 0.847. The van der Waals surface area contributed by atoms with Crippen molar-refractivity contribution in [1.29, 1.82) is 0 Å². The zero-order chi connectivity index (χ0) is 17.1. The molecule has 6 heteroatoms. The number of rotatable bonds is 5. The molecule has 0 unspecified atom stereocenters. The Bertz CT molecular complexity index is 849. The van der Waals surface area contributed by atoms with Crippen LogP contribution in [0, 0.1) is 10.7 Å². The van der Waals surface area contributed by atoms with Crippen LogP contribution in [-0.4, -0.2) is 34.0 Å². The predicted molar refractivity (Wildman–Crippen MR) is 97.6 cm³/mol. The third-order valence-corrected chi connectivity index (χ3v) is 5.19. The molecule has 1 saturated carbocycles. The number of hydrogen-bond donors (Lipinski definition) is 1. The lowest BCUT2D eigenvalue weighted by Gasteiger charge is -2.21.